The summed E-state index contributed by atoms with van der Waals surface area (Å²) < 4.78 is 0. The van der Waals surface area contributed by atoms with Crippen molar-refractivity contribution in [1.82, 2.24) is 0 Å². The zero-order valence-electron chi connectivity index (χ0n) is 14.2. The fraction of sp³-hybridized carbons (Fsp3) is 0.136. The van der Waals surface area contributed by atoms with E-state index in [1.807, 2.05) is 12.1 Å². The standard InChI is InChI=1S/C22H19NO2/c1-22(2)18-9-5-3-7-15(18)16-12-11-14(13-19(16)22)23-20-10-6-4-8-17(20)21(24)25/h3-13,23H,1-2H3,(H,24,25). The summed E-state index contributed by atoms with van der Waals surface area (Å²) in [5.74, 6) is -0.933. The third-order valence-corrected chi connectivity index (χ3v) is 5.02. The molecule has 3 aromatic carbocycles. The number of anilines is 2. The van der Waals surface area contributed by atoms with Gasteiger partial charge in [0.05, 0.1) is 11.3 Å². The second-order valence-corrected chi connectivity index (χ2v) is 6.91. The number of para-hydroxylation sites is 1. The molecule has 1 aliphatic carbocycles. The maximum absolute atomic E-state index is 11.4. The van der Waals surface area contributed by atoms with Crippen LogP contribution in [0.15, 0.2) is 66.7 Å². The number of hydrogen-bond acceptors (Lipinski definition) is 2. The monoisotopic (exact) mass is 329 g/mol. The fourth-order valence-electron chi connectivity index (χ4n) is 3.72. The minimum absolute atomic E-state index is 0.0735. The van der Waals surface area contributed by atoms with Crippen LogP contribution in [0.4, 0.5) is 11.4 Å². The van der Waals surface area contributed by atoms with Crippen LogP contribution < -0.4 is 5.32 Å². The molecule has 124 valence electrons. The highest BCUT2D eigenvalue weighted by molar-refractivity contribution is 5.95. The Morgan fingerprint density at radius 2 is 1.56 bits per heavy atom. The van der Waals surface area contributed by atoms with Crippen molar-refractivity contribution < 1.29 is 9.90 Å². The van der Waals surface area contributed by atoms with E-state index in [1.54, 1.807) is 18.2 Å². The van der Waals surface area contributed by atoms with Crippen LogP contribution in [0.5, 0.6) is 0 Å². The number of benzene rings is 3. The van der Waals surface area contributed by atoms with Crippen LogP contribution in [0.3, 0.4) is 0 Å². The Labute approximate surface area is 147 Å². The van der Waals surface area contributed by atoms with Crippen molar-refractivity contribution in [3.63, 3.8) is 0 Å². The van der Waals surface area contributed by atoms with E-state index in [0.717, 1.165) is 5.69 Å². The van der Waals surface area contributed by atoms with Crippen LogP contribution in [0, 0.1) is 0 Å². The van der Waals surface area contributed by atoms with Gasteiger partial charge in [-0.25, -0.2) is 4.79 Å². The van der Waals surface area contributed by atoms with E-state index in [0.29, 0.717) is 5.69 Å². The minimum atomic E-state index is -0.933. The summed E-state index contributed by atoms with van der Waals surface area (Å²) in [7, 11) is 0. The molecule has 3 heteroatoms. The van der Waals surface area contributed by atoms with Crippen molar-refractivity contribution in [2.45, 2.75) is 19.3 Å². The molecule has 3 nitrogen and oxygen atoms in total. The van der Waals surface area contributed by atoms with Crippen LogP contribution in [0.1, 0.15) is 35.3 Å². The van der Waals surface area contributed by atoms with Gasteiger partial charge in [-0.15, -0.1) is 0 Å². The zero-order valence-corrected chi connectivity index (χ0v) is 14.2. The average Bonchev–Trinajstić information content (AvgIpc) is 2.83. The first-order valence-electron chi connectivity index (χ1n) is 8.32. The zero-order chi connectivity index (χ0) is 17.6. The van der Waals surface area contributed by atoms with Gasteiger partial charge in [0.2, 0.25) is 0 Å². The molecule has 3 aromatic rings. The number of carboxylic acids is 1. The number of hydrogen-bond donors (Lipinski definition) is 2. The van der Waals surface area contributed by atoms with E-state index in [4.69, 9.17) is 0 Å². The maximum atomic E-state index is 11.4. The second kappa shape index (κ2) is 5.49. The lowest BCUT2D eigenvalue weighted by Crippen LogP contribution is -2.15. The Balaban J connectivity index is 1.77. The Kier molecular flexibility index (Phi) is 3.39. The topological polar surface area (TPSA) is 49.3 Å². The van der Waals surface area contributed by atoms with Gasteiger partial charge in [-0.3, -0.25) is 0 Å². The van der Waals surface area contributed by atoms with E-state index in [1.165, 1.54) is 22.3 Å². The van der Waals surface area contributed by atoms with E-state index in [-0.39, 0.29) is 11.0 Å². The molecule has 0 bridgehead atoms. The van der Waals surface area contributed by atoms with E-state index in [2.05, 4.69) is 55.6 Å². The number of carboxylic acid groups (broad SMARTS) is 1. The third kappa shape index (κ3) is 2.40. The van der Waals surface area contributed by atoms with Gasteiger partial charge >= 0.3 is 5.97 Å². The summed E-state index contributed by atoms with van der Waals surface area (Å²) in [6, 6.07) is 21.7. The first-order valence-corrected chi connectivity index (χ1v) is 8.32. The first kappa shape index (κ1) is 15.5. The summed E-state index contributed by atoms with van der Waals surface area (Å²) in [4.78, 5) is 11.4. The number of rotatable bonds is 3. The average molecular weight is 329 g/mol. The van der Waals surface area contributed by atoms with Crippen LogP contribution in [0.2, 0.25) is 0 Å². The fourth-order valence-corrected chi connectivity index (χ4v) is 3.72. The van der Waals surface area contributed by atoms with E-state index >= 15 is 0 Å². The Morgan fingerprint density at radius 1 is 0.880 bits per heavy atom. The highest BCUT2D eigenvalue weighted by Gasteiger charge is 2.35. The maximum Gasteiger partial charge on any atom is 0.337 e. The van der Waals surface area contributed by atoms with Gasteiger partial charge in [-0.05, 0) is 46.5 Å². The van der Waals surface area contributed by atoms with Crippen LogP contribution in [0.25, 0.3) is 11.1 Å². The van der Waals surface area contributed by atoms with E-state index < -0.39 is 5.97 Å². The van der Waals surface area contributed by atoms with Gasteiger partial charge in [0.1, 0.15) is 0 Å². The molecule has 25 heavy (non-hydrogen) atoms. The molecule has 4 rings (SSSR count). The van der Waals surface area contributed by atoms with Gasteiger partial charge in [-0.1, -0.05) is 56.3 Å². The molecule has 0 aromatic heterocycles. The molecule has 0 heterocycles. The quantitative estimate of drug-likeness (QED) is 0.673. The molecule has 0 amide bonds. The summed E-state index contributed by atoms with van der Waals surface area (Å²) in [6.45, 7) is 4.46. The summed E-state index contributed by atoms with van der Waals surface area (Å²) in [6.07, 6.45) is 0. The largest absolute Gasteiger partial charge is 0.478 e. The van der Waals surface area contributed by atoms with Crippen molar-refractivity contribution in [2.75, 3.05) is 5.32 Å². The minimum Gasteiger partial charge on any atom is -0.478 e. The number of aromatic carboxylic acids is 1. The van der Waals surface area contributed by atoms with Gasteiger partial charge in [-0.2, -0.15) is 0 Å². The lowest BCUT2D eigenvalue weighted by atomic mass is 9.82. The Bertz CT molecular complexity index is 989. The Hall–Kier alpha value is -3.07. The lowest BCUT2D eigenvalue weighted by Gasteiger charge is -2.22. The first-order chi connectivity index (χ1) is 12.0. The number of carbonyl (C=O) groups is 1. The molecule has 0 aliphatic heterocycles. The third-order valence-electron chi connectivity index (χ3n) is 5.02. The molecular weight excluding hydrogens is 310 g/mol. The van der Waals surface area contributed by atoms with Crippen molar-refractivity contribution in [1.29, 1.82) is 0 Å². The molecule has 0 saturated heterocycles. The molecule has 1 aliphatic rings. The van der Waals surface area contributed by atoms with Gasteiger partial charge in [0.25, 0.3) is 0 Å². The number of fused-ring (bicyclic) bond motifs is 3. The van der Waals surface area contributed by atoms with Crippen LogP contribution >= 0.6 is 0 Å². The van der Waals surface area contributed by atoms with Crippen molar-refractivity contribution in [2.24, 2.45) is 0 Å². The molecule has 0 radical (unpaired) electrons. The van der Waals surface area contributed by atoms with Gasteiger partial charge < -0.3 is 10.4 Å². The molecular formula is C22H19NO2. The van der Waals surface area contributed by atoms with Gasteiger partial charge in [0.15, 0.2) is 0 Å². The normalized spacial score (nSPS) is 13.8. The smallest absolute Gasteiger partial charge is 0.337 e. The van der Waals surface area contributed by atoms with Crippen LogP contribution in [-0.4, -0.2) is 11.1 Å². The molecule has 0 saturated carbocycles. The summed E-state index contributed by atoms with van der Waals surface area (Å²) >= 11 is 0. The Morgan fingerprint density at radius 3 is 2.36 bits per heavy atom. The van der Waals surface area contributed by atoms with Crippen molar-refractivity contribution in [3.05, 3.63) is 83.4 Å². The van der Waals surface area contributed by atoms with E-state index in [9.17, 15) is 9.90 Å². The van der Waals surface area contributed by atoms with Crippen molar-refractivity contribution in [3.8, 4) is 11.1 Å². The predicted octanol–water partition coefficient (Wildman–Crippen LogP) is 5.43. The highest BCUT2D eigenvalue weighted by atomic mass is 16.4. The molecule has 2 N–H and O–H groups in total. The van der Waals surface area contributed by atoms with Crippen LogP contribution in [-0.2, 0) is 5.41 Å². The molecule has 0 unspecified atom stereocenters. The lowest BCUT2D eigenvalue weighted by molar-refractivity contribution is 0.0698. The molecule has 0 spiro atoms. The molecule has 0 atom stereocenters. The molecule has 0 fully saturated rings. The van der Waals surface area contributed by atoms with Crippen molar-refractivity contribution >= 4 is 17.3 Å². The summed E-state index contributed by atoms with van der Waals surface area (Å²) in [5.41, 5.74) is 6.80. The second-order valence-electron chi connectivity index (χ2n) is 6.91. The summed E-state index contributed by atoms with van der Waals surface area (Å²) in [5, 5.41) is 12.6. The van der Waals surface area contributed by atoms with Gasteiger partial charge in [0, 0.05) is 11.1 Å². The SMILES string of the molecule is CC1(C)c2ccccc2-c2ccc(Nc3ccccc3C(=O)O)cc21. The predicted molar refractivity (Wildman–Crippen MR) is 101 cm³/mol. The highest BCUT2D eigenvalue weighted by Crippen LogP contribution is 2.49. The number of nitrogens with one attached hydrogen (secondary N) is 1.